The van der Waals surface area contributed by atoms with Gasteiger partial charge in [-0.2, -0.15) is 4.31 Å². The van der Waals surface area contributed by atoms with Crippen LogP contribution in [0.15, 0.2) is 29.2 Å². The molecule has 0 unspecified atom stereocenters. The molecular formula is C14H20N2O4S. The van der Waals surface area contributed by atoms with Crippen molar-refractivity contribution < 1.29 is 18.0 Å². The Bertz CT molecular complexity index is 626. The van der Waals surface area contributed by atoms with E-state index in [1.54, 1.807) is 19.9 Å². The molecule has 1 aromatic rings. The van der Waals surface area contributed by atoms with Gasteiger partial charge in [-0.3, -0.25) is 9.59 Å². The van der Waals surface area contributed by atoms with Gasteiger partial charge in [0, 0.05) is 25.6 Å². The zero-order valence-corrected chi connectivity index (χ0v) is 13.2. The first kappa shape index (κ1) is 17.3. The number of nitrogens with one attached hydrogen (secondary N) is 1. The normalized spacial score (nSPS) is 11.4. The highest BCUT2D eigenvalue weighted by molar-refractivity contribution is 7.89. The highest BCUT2D eigenvalue weighted by atomic mass is 32.2. The van der Waals surface area contributed by atoms with E-state index in [1.807, 2.05) is 0 Å². The van der Waals surface area contributed by atoms with Crippen LogP contribution in [0.4, 0.5) is 0 Å². The molecule has 1 N–H and O–H groups in total. The third kappa shape index (κ3) is 4.37. The lowest BCUT2D eigenvalue weighted by atomic mass is 10.1. The monoisotopic (exact) mass is 312 g/mol. The van der Waals surface area contributed by atoms with Crippen molar-refractivity contribution in [1.82, 2.24) is 9.62 Å². The van der Waals surface area contributed by atoms with E-state index in [0.29, 0.717) is 18.5 Å². The van der Waals surface area contributed by atoms with Gasteiger partial charge >= 0.3 is 0 Å². The van der Waals surface area contributed by atoms with Crippen LogP contribution in [0.25, 0.3) is 0 Å². The molecule has 0 aliphatic rings. The van der Waals surface area contributed by atoms with Crippen molar-refractivity contribution in [2.24, 2.45) is 0 Å². The van der Waals surface area contributed by atoms with Crippen LogP contribution < -0.4 is 5.32 Å². The SMILES string of the molecule is CCNC(=O)CN(C)S(=O)(=O)c1cccc(C(=O)CC)c1. The summed E-state index contributed by atoms with van der Waals surface area (Å²) in [6, 6.07) is 5.86. The zero-order valence-electron chi connectivity index (χ0n) is 12.4. The highest BCUT2D eigenvalue weighted by Gasteiger charge is 2.23. The van der Waals surface area contributed by atoms with Crippen molar-refractivity contribution in [3.8, 4) is 0 Å². The fraction of sp³-hybridized carbons (Fsp3) is 0.429. The van der Waals surface area contributed by atoms with Crippen molar-refractivity contribution in [1.29, 1.82) is 0 Å². The number of amides is 1. The molecule has 1 aromatic carbocycles. The fourth-order valence-corrected chi connectivity index (χ4v) is 2.93. The smallest absolute Gasteiger partial charge is 0.243 e. The molecule has 21 heavy (non-hydrogen) atoms. The van der Waals surface area contributed by atoms with Crippen LogP contribution in [-0.4, -0.2) is 44.6 Å². The summed E-state index contributed by atoms with van der Waals surface area (Å²) in [5.74, 6) is -0.497. The molecule has 0 spiro atoms. The Morgan fingerprint density at radius 1 is 1.24 bits per heavy atom. The van der Waals surface area contributed by atoms with Gasteiger partial charge in [-0.1, -0.05) is 19.1 Å². The van der Waals surface area contributed by atoms with Crippen molar-refractivity contribution in [2.45, 2.75) is 25.2 Å². The molecule has 0 saturated heterocycles. The van der Waals surface area contributed by atoms with Crippen LogP contribution in [0.2, 0.25) is 0 Å². The third-order valence-electron chi connectivity index (χ3n) is 2.93. The van der Waals surface area contributed by atoms with Crippen molar-refractivity contribution in [3.63, 3.8) is 0 Å². The molecule has 0 aliphatic carbocycles. The zero-order chi connectivity index (χ0) is 16.0. The molecule has 6 nitrogen and oxygen atoms in total. The summed E-state index contributed by atoms with van der Waals surface area (Å²) in [5.41, 5.74) is 0.352. The number of benzene rings is 1. The number of hydrogen-bond donors (Lipinski definition) is 1. The van der Waals surface area contributed by atoms with Crippen LogP contribution in [0.1, 0.15) is 30.6 Å². The van der Waals surface area contributed by atoms with Crippen LogP contribution in [-0.2, 0) is 14.8 Å². The summed E-state index contributed by atoms with van der Waals surface area (Å²) in [6.07, 6.45) is 0.304. The summed E-state index contributed by atoms with van der Waals surface area (Å²) in [7, 11) is -2.46. The summed E-state index contributed by atoms with van der Waals surface area (Å²) in [4.78, 5) is 23.1. The van der Waals surface area contributed by atoms with E-state index in [4.69, 9.17) is 0 Å². The quantitative estimate of drug-likeness (QED) is 0.762. The first-order valence-electron chi connectivity index (χ1n) is 6.69. The molecule has 1 amide bonds. The summed E-state index contributed by atoms with van der Waals surface area (Å²) in [6.45, 7) is 3.65. The Labute approximate surface area is 125 Å². The Kier molecular flexibility index (Phi) is 6.04. The number of carbonyl (C=O) groups excluding carboxylic acids is 2. The molecule has 0 heterocycles. The van der Waals surface area contributed by atoms with E-state index in [1.165, 1.54) is 25.2 Å². The maximum Gasteiger partial charge on any atom is 0.243 e. The molecule has 0 atom stereocenters. The van der Waals surface area contributed by atoms with E-state index < -0.39 is 10.0 Å². The molecule has 7 heteroatoms. The van der Waals surface area contributed by atoms with Crippen molar-refractivity contribution in [3.05, 3.63) is 29.8 Å². The average molecular weight is 312 g/mol. The number of hydrogen-bond acceptors (Lipinski definition) is 4. The first-order valence-corrected chi connectivity index (χ1v) is 8.13. The second-order valence-electron chi connectivity index (χ2n) is 4.52. The topological polar surface area (TPSA) is 83.6 Å². The second kappa shape index (κ2) is 7.33. The first-order chi connectivity index (χ1) is 9.82. The summed E-state index contributed by atoms with van der Waals surface area (Å²) < 4.78 is 25.7. The molecule has 0 saturated carbocycles. The van der Waals surface area contributed by atoms with Crippen molar-refractivity contribution in [2.75, 3.05) is 20.1 Å². The van der Waals surface area contributed by atoms with E-state index in [-0.39, 0.29) is 23.1 Å². The molecule has 0 fully saturated rings. The Morgan fingerprint density at radius 2 is 1.90 bits per heavy atom. The Balaban J connectivity index is 3.02. The number of Topliss-reactive ketones (excluding diaryl/α,β-unsaturated/α-hetero) is 1. The van der Waals surface area contributed by atoms with Crippen LogP contribution in [0, 0.1) is 0 Å². The van der Waals surface area contributed by atoms with Gasteiger partial charge in [0.2, 0.25) is 15.9 Å². The second-order valence-corrected chi connectivity index (χ2v) is 6.56. The van der Waals surface area contributed by atoms with E-state index in [2.05, 4.69) is 5.32 Å². The van der Waals surface area contributed by atoms with Crippen LogP contribution in [0.5, 0.6) is 0 Å². The van der Waals surface area contributed by atoms with Gasteiger partial charge < -0.3 is 5.32 Å². The van der Waals surface area contributed by atoms with Gasteiger partial charge in [-0.05, 0) is 19.1 Å². The van der Waals surface area contributed by atoms with E-state index >= 15 is 0 Å². The lowest BCUT2D eigenvalue weighted by Gasteiger charge is -2.17. The number of rotatable bonds is 7. The maximum absolute atomic E-state index is 12.4. The van der Waals surface area contributed by atoms with Gasteiger partial charge in [0.15, 0.2) is 5.78 Å². The van der Waals surface area contributed by atoms with E-state index in [0.717, 1.165) is 4.31 Å². The molecule has 0 aromatic heterocycles. The largest absolute Gasteiger partial charge is 0.355 e. The molecular weight excluding hydrogens is 292 g/mol. The highest BCUT2D eigenvalue weighted by Crippen LogP contribution is 2.16. The lowest BCUT2D eigenvalue weighted by Crippen LogP contribution is -2.38. The Morgan fingerprint density at radius 3 is 2.48 bits per heavy atom. The Hall–Kier alpha value is -1.73. The minimum atomic E-state index is -3.80. The van der Waals surface area contributed by atoms with Gasteiger partial charge in [-0.15, -0.1) is 0 Å². The number of nitrogens with zero attached hydrogens (tertiary/aromatic N) is 1. The minimum Gasteiger partial charge on any atom is -0.355 e. The summed E-state index contributed by atoms with van der Waals surface area (Å²) >= 11 is 0. The van der Waals surface area contributed by atoms with Gasteiger partial charge in [0.1, 0.15) is 0 Å². The van der Waals surface area contributed by atoms with Gasteiger partial charge in [-0.25, -0.2) is 8.42 Å². The predicted octanol–water partition coefficient (Wildman–Crippen LogP) is 1.04. The number of sulfonamides is 1. The van der Waals surface area contributed by atoms with Crippen LogP contribution >= 0.6 is 0 Å². The number of ketones is 1. The van der Waals surface area contributed by atoms with Gasteiger partial charge in [0.25, 0.3) is 0 Å². The summed E-state index contributed by atoms with van der Waals surface area (Å²) in [5, 5.41) is 2.54. The van der Waals surface area contributed by atoms with E-state index in [9.17, 15) is 18.0 Å². The standard InChI is InChI=1S/C14H20N2O4S/c1-4-13(17)11-7-6-8-12(9-11)21(19,20)16(3)10-14(18)15-5-2/h6-9H,4-5,10H2,1-3H3,(H,15,18). The maximum atomic E-state index is 12.4. The predicted molar refractivity (Wildman–Crippen MR) is 79.6 cm³/mol. The molecule has 116 valence electrons. The lowest BCUT2D eigenvalue weighted by molar-refractivity contribution is -0.121. The molecule has 0 bridgehead atoms. The third-order valence-corrected chi connectivity index (χ3v) is 4.72. The number of carbonyl (C=O) groups is 2. The number of likely N-dealkylation sites (N-methyl/N-ethyl adjacent to an activating group) is 2. The molecule has 1 rings (SSSR count). The average Bonchev–Trinajstić information content (AvgIpc) is 2.46. The van der Waals surface area contributed by atoms with Crippen molar-refractivity contribution >= 4 is 21.7 Å². The van der Waals surface area contributed by atoms with Crippen LogP contribution in [0.3, 0.4) is 0 Å². The molecule has 0 aliphatic heterocycles. The minimum absolute atomic E-state index is 0.00796. The fourth-order valence-electron chi connectivity index (χ4n) is 1.75. The van der Waals surface area contributed by atoms with Gasteiger partial charge in [0.05, 0.1) is 11.4 Å². The molecule has 0 radical (unpaired) electrons.